The number of aromatic nitrogens is 1. The third kappa shape index (κ3) is 9.04. The predicted octanol–water partition coefficient (Wildman–Crippen LogP) is 1.89. The van der Waals surface area contributed by atoms with E-state index in [4.69, 9.17) is 10.2 Å². The van der Waals surface area contributed by atoms with Crippen molar-refractivity contribution in [1.29, 1.82) is 0 Å². The molecular formula is C12H17NO4. The van der Waals surface area contributed by atoms with Crippen LogP contribution in [-0.2, 0) is 16.0 Å². The number of nitrogens with zero attached hydrogens (tertiary/aromatic N) is 1. The first kappa shape index (κ1) is 15.1. The van der Waals surface area contributed by atoms with Gasteiger partial charge in [-0.1, -0.05) is 13.0 Å². The summed E-state index contributed by atoms with van der Waals surface area (Å²) in [6.07, 6.45) is 0.437. The minimum Gasteiger partial charge on any atom is -0.481 e. The molecule has 94 valence electrons. The van der Waals surface area contributed by atoms with Crippen LogP contribution in [0.3, 0.4) is 0 Å². The van der Waals surface area contributed by atoms with E-state index in [9.17, 15) is 9.59 Å². The first-order chi connectivity index (χ1) is 7.95. The van der Waals surface area contributed by atoms with Crippen LogP contribution in [0.15, 0.2) is 18.2 Å². The maximum absolute atomic E-state index is 9.64. The molecule has 0 fully saturated rings. The van der Waals surface area contributed by atoms with Gasteiger partial charge in [0.25, 0.3) is 0 Å². The van der Waals surface area contributed by atoms with E-state index in [1.54, 1.807) is 0 Å². The maximum Gasteiger partial charge on any atom is 0.303 e. The second-order valence-corrected chi connectivity index (χ2v) is 3.41. The predicted molar refractivity (Wildman–Crippen MR) is 62.9 cm³/mol. The Balaban J connectivity index is 0.000000304. The molecular weight excluding hydrogens is 222 g/mol. The summed E-state index contributed by atoms with van der Waals surface area (Å²) in [7, 11) is 0. The number of carboxylic acids is 2. The molecule has 5 heteroatoms. The van der Waals surface area contributed by atoms with E-state index in [1.807, 2.05) is 25.1 Å². The monoisotopic (exact) mass is 239 g/mol. The third-order valence-corrected chi connectivity index (χ3v) is 1.86. The minimum atomic E-state index is -1.08. The highest BCUT2D eigenvalue weighted by atomic mass is 16.4. The molecule has 0 unspecified atom stereocenters. The number of hydrogen-bond donors (Lipinski definition) is 2. The zero-order valence-corrected chi connectivity index (χ0v) is 10.0. The van der Waals surface area contributed by atoms with Gasteiger partial charge >= 0.3 is 11.9 Å². The van der Waals surface area contributed by atoms with Gasteiger partial charge in [-0.05, 0) is 25.5 Å². The summed E-state index contributed by atoms with van der Waals surface area (Å²) in [5.41, 5.74) is 2.28. The van der Waals surface area contributed by atoms with E-state index < -0.39 is 11.9 Å². The van der Waals surface area contributed by atoms with E-state index >= 15 is 0 Å². The van der Waals surface area contributed by atoms with Gasteiger partial charge in [0, 0.05) is 11.4 Å². The summed E-state index contributed by atoms with van der Waals surface area (Å²) < 4.78 is 0. The number of pyridine rings is 1. The number of carboxylic acid groups (broad SMARTS) is 2. The molecule has 1 heterocycles. The summed E-state index contributed by atoms with van der Waals surface area (Å²) >= 11 is 0. The van der Waals surface area contributed by atoms with Crippen LogP contribution < -0.4 is 0 Å². The van der Waals surface area contributed by atoms with Gasteiger partial charge in [-0.15, -0.1) is 0 Å². The highest BCUT2D eigenvalue weighted by molar-refractivity contribution is 5.75. The average Bonchev–Trinajstić information content (AvgIpc) is 2.27. The summed E-state index contributed by atoms with van der Waals surface area (Å²) in [5.74, 6) is -2.15. The van der Waals surface area contributed by atoms with Crippen molar-refractivity contribution in [3.05, 3.63) is 29.6 Å². The zero-order chi connectivity index (χ0) is 13.3. The quantitative estimate of drug-likeness (QED) is 0.837. The smallest absolute Gasteiger partial charge is 0.303 e. The topological polar surface area (TPSA) is 87.5 Å². The Morgan fingerprint density at radius 2 is 1.71 bits per heavy atom. The molecule has 0 aromatic carbocycles. The lowest BCUT2D eigenvalue weighted by Crippen LogP contribution is -2.00. The van der Waals surface area contributed by atoms with E-state index in [-0.39, 0.29) is 12.8 Å². The van der Waals surface area contributed by atoms with Crippen molar-refractivity contribution in [1.82, 2.24) is 4.98 Å². The number of rotatable bonds is 4. The van der Waals surface area contributed by atoms with Crippen LogP contribution in [-0.4, -0.2) is 27.1 Å². The lowest BCUT2D eigenvalue weighted by molar-refractivity contribution is -0.143. The van der Waals surface area contributed by atoms with Crippen molar-refractivity contribution in [3.8, 4) is 0 Å². The second kappa shape index (κ2) is 8.27. The van der Waals surface area contributed by atoms with E-state index in [2.05, 4.69) is 11.9 Å². The van der Waals surface area contributed by atoms with Gasteiger partial charge in [0.2, 0.25) is 0 Å². The molecule has 0 spiro atoms. The van der Waals surface area contributed by atoms with E-state index in [0.29, 0.717) is 0 Å². The van der Waals surface area contributed by atoms with Crippen LogP contribution in [0.25, 0.3) is 0 Å². The first-order valence-corrected chi connectivity index (χ1v) is 5.31. The minimum absolute atomic E-state index is 0.296. The molecule has 0 aliphatic carbocycles. The Kier molecular flexibility index (Phi) is 7.34. The summed E-state index contributed by atoms with van der Waals surface area (Å²) in [5, 5.41) is 15.8. The van der Waals surface area contributed by atoms with Crippen LogP contribution in [0.4, 0.5) is 0 Å². The normalized spacial score (nSPS) is 9.06. The molecule has 2 N–H and O–H groups in total. The van der Waals surface area contributed by atoms with Gasteiger partial charge in [0.1, 0.15) is 0 Å². The molecule has 1 rings (SSSR count). The zero-order valence-electron chi connectivity index (χ0n) is 10.0. The first-order valence-electron chi connectivity index (χ1n) is 5.31. The molecule has 1 aromatic rings. The fourth-order valence-corrected chi connectivity index (χ4v) is 1.01. The van der Waals surface area contributed by atoms with Crippen LogP contribution in [0.1, 0.15) is 31.2 Å². The van der Waals surface area contributed by atoms with Gasteiger partial charge in [0.15, 0.2) is 0 Å². The van der Waals surface area contributed by atoms with Crippen LogP contribution in [0.5, 0.6) is 0 Å². The molecule has 0 atom stereocenters. The fourth-order valence-electron chi connectivity index (χ4n) is 1.01. The second-order valence-electron chi connectivity index (χ2n) is 3.41. The molecule has 0 aliphatic heterocycles. The molecule has 0 saturated carbocycles. The van der Waals surface area contributed by atoms with Gasteiger partial charge in [0.05, 0.1) is 12.8 Å². The van der Waals surface area contributed by atoms with Crippen molar-refractivity contribution in [2.45, 2.75) is 33.1 Å². The SMILES string of the molecule is CCc1cccc(C)n1.O=C(O)CCC(=O)O. The highest BCUT2D eigenvalue weighted by Crippen LogP contribution is 1.97. The van der Waals surface area contributed by atoms with Gasteiger partial charge in [-0.2, -0.15) is 0 Å². The molecule has 0 aliphatic rings. The molecule has 0 amide bonds. The molecule has 0 saturated heterocycles. The molecule has 1 aromatic heterocycles. The molecule has 17 heavy (non-hydrogen) atoms. The van der Waals surface area contributed by atoms with Crippen molar-refractivity contribution < 1.29 is 19.8 Å². The number of hydrogen-bond acceptors (Lipinski definition) is 3. The van der Waals surface area contributed by atoms with Crippen molar-refractivity contribution >= 4 is 11.9 Å². The average molecular weight is 239 g/mol. The standard InChI is InChI=1S/C8H11N.C4H6O4/c1-3-8-6-4-5-7(2)9-8;5-3(6)1-2-4(7)8/h4-6H,3H2,1-2H3;1-2H2,(H,5,6)(H,7,8). The fraction of sp³-hybridized carbons (Fsp3) is 0.417. The highest BCUT2D eigenvalue weighted by Gasteiger charge is 2.00. The van der Waals surface area contributed by atoms with Crippen molar-refractivity contribution in [2.75, 3.05) is 0 Å². The van der Waals surface area contributed by atoms with Gasteiger partial charge in [-0.3, -0.25) is 14.6 Å². The molecule has 0 radical (unpaired) electrons. The van der Waals surface area contributed by atoms with Crippen LogP contribution in [0, 0.1) is 6.92 Å². The van der Waals surface area contributed by atoms with Crippen LogP contribution >= 0.6 is 0 Å². The molecule has 5 nitrogen and oxygen atoms in total. The third-order valence-electron chi connectivity index (χ3n) is 1.86. The summed E-state index contributed by atoms with van der Waals surface area (Å²) in [6.45, 7) is 4.13. The summed E-state index contributed by atoms with van der Waals surface area (Å²) in [4.78, 5) is 23.6. The summed E-state index contributed by atoms with van der Waals surface area (Å²) in [6, 6.07) is 6.10. The largest absolute Gasteiger partial charge is 0.481 e. The lowest BCUT2D eigenvalue weighted by Gasteiger charge is -1.94. The lowest BCUT2D eigenvalue weighted by atomic mass is 10.3. The number of aryl methyl sites for hydroxylation is 2. The van der Waals surface area contributed by atoms with E-state index in [0.717, 1.165) is 12.1 Å². The number of aliphatic carboxylic acids is 2. The number of carbonyl (C=O) groups is 2. The Morgan fingerprint density at radius 3 is 2.00 bits per heavy atom. The Bertz CT molecular complexity index is 363. The van der Waals surface area contributed by atoms with Crippen LogP contribution in [0.2, 0.25) is 0 Å². The van der Waals surface area contributed by atoms with Gasteiger partial charge in [-0.25, -0.2) is 0 Å². The molecule has 0 bridgehead atoms. The van der Waals surface area contributed by atoms with Gasteiger partial charge < -0.3 is 10.2 Å². The Morgan fingerprint density at radius 1 is 1.18 bits per heavy atom. The van der Waals surface area contributed by atoms with Crippen molar-refractivity contribution in [3.63, 3.8) is 0 Å². The van der Waals surface area contributed by atoms with Crippen molar-refractivity contribution in [2.24, 2.45) is 0 Å². The Hall–Kier alpha value is -1.91. The van der Waals surface area contributed by atoms with E-state index in [1.165, 1.54) is 5.69 Å². The maximum atomic E-state index is 9.64. The Labute approximate surface area is 100 Å².